The van der Waals surface area contributed by atoms with Crippen molar-refractivity contribution in [3.05, 3.63) is 48.5 Å². The molecule has 5 nitrogen and oxygen atoms in total. The number of rotatable bonds is 6. The lowest BCUT2D eigenvalue weighted by molar-refractivity contribution is -0.119. The summed E-state index contributed by atoms with van der Waals surface area (Å²) in [4.78, 5) is 20.3. The number of anilines is 1. The highest BCUT2D eigenvalue weighted by Gasteiger charge is 2.19. The van der Waals surface area contributed by atoms with Crippen molar-refractivity contribution in [2.24, 2.45) is 0 Å². The molecule has 1 aromatic carbocycles. The highest BCUT2D eigenvalue weighted by molar-refractivity contribution is 7.98. The van der Waals surface area contributed by atoms with E-state index in [4.69, 9.17) is 0 Å². The van der Waals surface area contributed by atoms with E-state index in [0.29, 0.717) is 0 Å². The second-order valence-corrected chi connectivity index (χ2v) is 6.46. The van der Waals surface area contributed by atoms with Gasteiger partial charge < -0.3 is 14.9 Å². The Morgan fingerprint density at radius 3 is 2.91 bits per heavy atom. The summed E-state index contributed by atoms with van der Waals surface area (Å²) < 4.78 is 1.96. The maximum Gasteiger partial charge on any atom is 0.247 e. The summed E-state index contributed by atoms with van der Waals surface area (Å²) in [6.07, 6.45) is 6.73. The maximum absolute atomic E-state index is 12.7. The molecule has 1 atom stereocenters. The molecule has 0 aliphatic heterocycles. The second kappa shape index (κ2) is 6.91. The number of fused-ring (bicyclic) bond motifs is 1. The van der Waals surface area contributed by atoms with Gasteiger partial charge in [0.25, 0.3) is 0 Å². The molecule has 120 valence electrons. The molecule has 0 aliphatic carbocycles. The number of thioether (sulfide) groups is 1. The van der Waals surface area contributed by atoms with E-state index >= 15 is 0 Å². The van der Waals surface area contributed by atoms with Crippen molar-refractivity contribution in [1.82, 2.24) is 14.5 Å². The lowest BCUT2D eigenvalue weighted by Gasteiger charge is -2.18. The third kappa shape index (κ3) is 3.59. The van der Waals surface area contributed by atoms with Crippen LogP contribution in [0.3, 0.4) is 0 Å². The molecule has 0 radical (unpaired) electrons. The first kappa shape index (κ1) is 15.7. The van der Waals surface area contributed by atoms with Gasteiger partial charge in [-0.15, -0.1) is 0 Å². The number of hydrogen-bond donors (Lipinski definition) is 2. The van der Waals surface area contributed by atoms with Crippen LogP contribution in [0.1, 0.15) is 18.3 Å². The smallest absolute Gasteiger partial charge is 0.247 e. The molecule has 0 bridgehead atoms. The fraction of sp³-hybridized carbons (Fsp3) is 0.294. The average Bonchev–Trinajstić information content (AvgIpc) is 3.16. The SMILES string of the molecule is CSCC[C@@H](C(=O)Nc1ccc2nc(C)[nH]c2c1)n1cccc1. The van der Waals surface area contributed by atoms with Crippen LogP contribution in [0.4, 0.5) is 5.69 Å². The summed E-state index contributed by atoms with van der Waals surface area (Å²) in [6, 6.07) is 9.42. The van der Waals surface area contributed by atoms with Crippen molar-refractivity contribution in [2.75, 3.05) is 17.3 Å². The zero-order valence-electron chi connectivity index (χ0n) is 13.2. The number of amides is 1. The van der Waals surface area contributed by atoms with E-state index < -0.39 is 0 Å². The van der Waals surface area contributed by atoms with Crippen molar-refractivity contribution in [3.8, 4) is 0 Å². The van der Waals surface area contributed by atoms with Crippen LogP contribution in [-0.4, -0.2) is 32.5 Å². The van der Waals surface area contributed by atoms with E-state index in [9.17, 15) is 4.79 Å². The number of aromatic nitrogens is 3. The zero-order chi connectivity index (χ0) is 16.2. The van der Waals surface area contributed by atoms with Gasteiger partial charge in [0, 0.05) is 18.1 Å². The number of H-pyrrole nitrogens is 1. The summed E-state index contributed by atoms with van der Waals surface area (Å²) in [7, 11) is 0. The number of imidazole rings is 1. The number of aromatic amines is 1. The van der Waals surface area contributed by atoms with E-state index in [-0.39, 0.29) is 11.9 Å². The van der Waals surface area contributed by atoms with E-state index in [1.807, 2.05) is 54.2 Å². The number of hydrogen-bond acceptors (Lipinski definition) is 3. The Kier molecular flexibility index (Phi) is 4.71. The first-order valence-electron chi connectivity index (χ1n) is 7.56. The third-order valence-electron chi connectivity index (χ3n) is 3.75. The van der Waals surface area contributed by atoms with E-state index in [0.717, 1.165) is 34.7 Å². The van der Waals surface area contributed by atoms with Crippen LogP contribution >= 0.6 is 11.8 Å². The van der Waals surface area contributed by atoms with Gasteiger partial charge in [0.1, 0.15) is 11.9 Å². The largest absolute Gasteiger partial charge is 0.342 e. The average molecular weight is 328 g/mol. The fourth-order valence-electron chi connectivity index (χ4n) is 2.64. The molecule has 0 fully saturated rings. The number of nitrogens with one attached hydrogen (secondary N) is 2. The molecular formula is C17H20N4OS. The molecule has 2 N–H and O–H groups in total. The minimum atomic E-state index is -0.198. The van der Waals surface area contributed by atoms with Gasteiger partial charge in [0.15, 0.2) is 0 Å². The first-order chi connectivity index (χ1) is 11.2. The van der Waals surface area contributed by atoms with Crippen LogP contribution in [0.15, 0.2) is 42.7 Å². The number of carbonyl (C=O) groups is 1. The van der Waals surface area contributed by atoms with Gasteiger partial charge >= 0.3 is 0 Å². The van der Waals surface area contributed by atoms with Crippen molar-refractivity contribution in [3.63, 3.8) is 0 Å². The molecule has 0 spiro atoms. The minimum Gasteiger partial charge on any atom is -0.342 e. The molecule has 3 rings (SSSR count). The highest BCUT2D eigenvalue weighted by Crippen LogP contribution is 2.21. The molecule has 0 saturated heterocycles. The lowest BCUT2D eigenvalue weighted by atomic mass is 10.2. The Balaban J connectivity index is 1.79. The van der Waals surface area contributed by atoms with E-state index in [1.54, 1.807) is 11.8 Å². The van der Waals surface area contributed by atoms with Crippen LogP contribution in [0.25, 0.3) is 11.0 Å². The lowest BCUT2D eigenvalue weighted by Crippen LogP contribution is -2.25. The van der Waals surface area contributed by atoms with Crippen LogP contribution in [0.2, 0.25) is 0 Å². The van der Waals surface area contributed by atoms with Crippen molar-refractivity contribution < 1.29 is 4.79 Å². The number of carbonyl (C=O) groups excluding carboxylic acids is 1. The van der Waals surface area contributed by atoms with Crippen LogP contribution in [-0.2, 0) is 4.79 Å². The van der Waals surface area contributed by atoms with Crippen molar-refractivity contribution in [2.45, 2.75) is 19.4 Å². The quantitative estimate of drug-likeness (QED) is 0.726. The summed E-state index contributed by atoms with van der Waals surface area (Å²) in [5.41, 5.74) is 2.62. The molecule has 2 aromatic heterocycles. The van der Waals surface area contributed by atoms with Gasteiger partial charge in [-0.25, -0.2) is 4.98 Å². The Morgan fingerprint density at radius 2 is 2.17 bits per heavy atom. The van der Waals surface area contributed by atoms with Gasteiger partial charge in [-0.05, 0) is 55.7 Å². The molecule has 0 aliphatic rings. The molecule has 3 aromatic rings. The normalized spacial score (nSPS) is 12.4. The zero-order valence-corrected chi connectivity index (χ0v) is 14.1. The molecular weight excluding hydrogens is 308 g/mol. The van der Waals surface area contributed by atoms with Gasteiger partial charge in [0.05, 0.1) is 11.0 Å². The topological polar surface area (TPSA) is 62.7 Å². The summed E-state index contributed by atoms with van der Waals surface area (Å²) in [5.74, 6) is 1.81. The molecule has 0 unspecified atom stereocenters. The highest BCUT2D eigenvalue weighted by atomic mass is 32.2. The summed E-state index contributed by atoms with van der Waals surface area (Å²) in [6.45, 7) is 1.92. The molecule has 6 heteroatoms. The van der Waals surface area contributed by atoms with E-state index in [2.05, 4.69) is 21.5 Å². The van der Waals surface area contributed by atoms with Crippen LogP contribution in [0.5, 0.6) is 0 Å². The third-order valence-corrected chi connectivity index (χ3v) is 4.40. The van der Waals surface area contributed by atoms with Gasteiger partial charge in [-0.1, -0.05) is 0 Å². The maximum atomic E-state index is 12.7. The predicted octanol–water partition coefficient (Wildman–Crippen LogP) is 3.61. The predicted molar refractivity (Wildman–Crippen MR) is 95.9 cm³/mol. The minimum absolute atomic E-state index is 0.00540. The standard InChI is InChI=1S/C17H20N4OS/c1-12-18-14-6-5-13(11-15(14)19-12)20-17(22)16(7-10-23-2)21-8-3-4-9-21/h3-6,8-9,11,16H,7,10H2,1-2H3,(H,18,19)(H,20,22)/t16-/m0/s1. The van der Waals surface area contributed by atoms with E-state index in [1.165, 1.54) is 0 Å². The molecule has 23 heavy (non-hydrogen) atoms. The van der Waals surface area contributed by atoms with Gasteiger partial charge in [0.2, 0.25) is 5.91 Å². The number of nitrogens with zero attached hydrogens (tertiary/aromatic N) is 2. The van der Waals surface area contributed by atoms with Gasteiger partial charge in [-0.3, -0.25) is 4.79 Å². The number of benzene rings is 1. The first-order valence-corrected chi connectivity index (χ1v) is 8.95. The van der Waals surface area contributed by atoms with Crippen LogP contribution < -0.4 is 5.32 Å². The monoisotopic (exact) mass is 328 g/mol. The second-order valence-electron chi connectivity index (χ2n) is 5.47. The summed E-state index contributed by atoms with van der Waals surface area (Å²) in [5, 5.41) is 3.02. The Labute approximate surface area is 139 Å². The fourth-order valence-corrected chi connectivity index (χ4v) is 3.10. The van der Waals surface area contributed by atoms with Crippen LogP contribution in [0, 0.1) is 6.92 Å². The van der Waals surface area contributed by atoms with Crippen molar-refractivity contribution >= 4 is 34.4 Å². The molecule has 1 amide bonds. The van der Waals surface area contributed by atoms with Gasteiger partial charge in [-0.2, -0.15) is 11.8 Å². The number of aryl methyl sites for hydroxylation is 1. The van der Waals surface area contributed by atoms with Crippen molar-refractivity contribution in [1.29, 1.82) is 0 Å². The molecule has 2 heterocycles. The Bertz CT molecular complexity index is 794. The molecule has 0 saturated carbocycles. The Hall–Kier alpha value is -2.21. The Morgan fingerprint density at radius 1 is 1.39 bits per heavy atom. The summed E-state index contributed by atoms with van der Waals surface area (Å²) >= 11 is 1.75.